The van der Waals surface area contributed by atoms with Crippen molar-refractivity contribution in [3.63, 3.8) is 0 Å². The molecule has 15 heteroatoms. The number of rotatable bonds is 34. The molecule has 0 bridgehead atoms. The van der Waals surface area contributed by atoms with Gasteiger partial charge < -0.3 is 61.7 Å². The number of esters is 1. The smallest absolute Gasteiger partial charge is 0.410 e. The third-order valence-electron chi connectivity index (χ3n) is 5.43. The zero-order chi connectivity index (χ0) is 34.9. The first kappa shape index (κ1) is 45.1. The van der Waals surface area contributed by atoms with Gasteiger partial charge in [0.2, 0.25) is 0 Å². The number of hydrogen-bond donors (Lipinski definition) is 0. The molecule has 0 heterocycles. The number of likely N-dealkylation sites (N-methyl/N-ethyl adjacent to an activating group) is 1. The highest BCUT2D eigenvalue weighted by atomic mass is 16.6. The van der Waals surface area contributed by atoms with Gasteiger partial charge in [-0.3, -0.25) is 0 Å². The maximum absolute atomic E-state index is 11.8. The van der Waals surface area contributed by atoms with E-state index in [4.69, 9.17) is 56.8 Å². The number of carbonyl (C=O) groups is 2. The maximum Gasteiger partial charge on any atom is 0.410 e. The fourth-order valence-electron chi connectivity index (χ4n) is 3.03. The van der Waals surface area contributed by atoms with Crippen molar-refractivity contribution in [1.82, 2.24) is 4.90 Å². The van der Waals surface area contributed by atoms with Gasteiger partial charge in [0.25, 0.3) is 0 Å². The van der Waals surface area contributed by atoms with E-state index in [0.29, 0.717) is 144 Å². The average molecular weight is 684 g/mol. The zero-order valence-corrected chi connectivity index (χ0v) is 29.4. The van der Waals surface area contributed by atoms with Crippen LogP contribution in [0.25, 0.3) is 0 Å². The molecule has 0 rings (SSSR count). The number of carbonyl (C=O) groups excluding carboxylic acids is 2. The molecule has 15 nitrogen and oxygen atoms in total. The maximum atomic E-state index is 11.8. The van der Waals surface area contributed by atoms with Crippen LogP contribution in [-0.4, -0.2) is 175 Å². The Balaban J connectivity index is 3.17. The predicted molar refractivity (Wildman–Crippen MR) is 173 cm³/mol. The van der Waals surface area contributed by atoms with Crippen molar-refractivity contribution in [1.29, 1.82) is 0 Å². The largest absolute Gasteiger partial charge is 0.460 e. The molecule has 0 fully saturated rings. The molecular weight excluding hydrogens is 622 g/mol. The fourth-order valence-corrected chi connectivity index (χ4v) is 3.03. The Morgan fingerprint density at radius 1 is 0.489 bits per heavy atom. The first-order valence-electron chi connectivity index (χ1n) is 16.2. The lowest BCUT2D eigenvalue weighted by Gasteiger charge is -2.24. The van der Waals surface area contributed by atoms with E-state index < -0.39 is 11.6 Å². The summed E-state index contributed by atoms with van der Waals surface area (Å²) in [5.74, 6) is -0.416. The number of hydrogen-bond acceptors (Lipinski definition) is 14. The van der Waals surface area contributed by atoms with E-state index in [0.717, 1.165) is 0 Å². The molecule has 0 aliphatic carbocycles. The van der Waals surface area contributed by atoms with E-state index >= 15 is 0 Å². The summed E-state index contributed by atoms with van der Waals surface area (Å²) in [7, 11) is 1.68. The standard InChI is InChI=1S/C32H61NO14/c1-29(2)30(34)46-28-27-45-26-25-44-24-23-43-22-21-42-20-19-41-18-17-40-16-15-39-14-13-38-12-11-37-10-9-36-8-7-33(6)31(35)47-32(3,4)5/h1,7-28H2,2-6H3. The van der Waals surface area contributed by atoms with E-state index in [1.54, 1.807) is 14.0 Å². The van der Waals surface area contributed by atoms with Crippen LogP contribution >= 0.6 is 0 Å². The molecule has 278 valence electrons. The first-order valence-corrected chi connectivity index (χ1v) is 16.2. The molecule has 0 aromatic carbocycles. The van der Waals surface area contributed by atoms with Crippen molar-refractivity contribution in [2.24, 2.45) is 0 Å². The quantitative estimate of drug-likeness (QED) is 0.0554. The Morgan fingerprint density at radius 2 is 0.745 bits per heavy atom. The van der Waals surface area contributed by atoms with Gasteiger partial charge in [-0.25, -0.2) is 9.59 Å². The number of nitrogens with zero attached hydrogens (tertiary/aromatic N) is 1. The minimum Gasteiger partial charge on any atom is -0.460 e. The van der Waals surface area contributed by atoms with Gasteiger partial charge in [-0.15, -0.1) is 0 Å². The summed E-state index contributed by atoms with van der Waals surface area (Å²) < 4.78 is 64.6. The highest BCUT2D eigenvalue weighted by Crippen LogP contribution is 2.08. The van der Waals surface area contributed by atoms with Crippen LogP contribution in [-0.2, 0) is 61.6 Å². The van der Waals surface area contributed by atoms with E-state index in [-0.39, 0.29) is 12.7 Å². The molecule has 0 N–H and O–H groups in total. The molecule has 0 aliphatic heterocycles. The van der Waals surface area contributed by atoms with Crippen LogP contribution in [0.2, 0.25) is 0 Å². The molecule has 0 spiro atoms. The van der Waals surface area contributed by atoms with Gasteiger partial charge in [0.05, 0.1) is 132 Å². The van der Waals surface area contributed by atoms with Crippen molar-refractivity contribution in [3.8, 4) is 0 Å². The SMILES string of the molecule is C=C(C)C(=O)OCCOCCOCCOCCOCCOCCOCCOCCOCCOCCOCCN(C)C(=O)OC(C)(C)C. The highest BCUT2D eigenvalue weighted by molar-refractivity contribution is 5.86. The van der Waals surface area contributed by atoms with Crippen LogP contribution in [0.3, 0.4) is 0 Å². The van der Waals surface area contributed by atoms with E-state index in [1.807, 2.05) is 20.8 Å². The van der Waals surface area contributed by atoms with Crippen LogP contribution in [0.5, 0.6) is 0 Å². The minimum atomic E-state index is -0.513. The van der Waals surface area contributed by atoms with E-state index in [9.17, 15) is 9.59 Å². The minimum absolute atomic E-state index is 0.195. The van der Waals surface area contributed by atoms with Crippen molar-refractivity contribution in [3.05, 3.63) is 12.2 Å². The third kappa shape index (κ3) is 35.2. The van der Waals surface area contributed by atoms with E-state index in [1.165, 1.54) is 4.90 Å². The predicted octanol–water partition coefficient (Wildman–Crippen LogP) is 2.14. The van der Waals surface area contributed by atoms with Crippen LogP contribution < -0.4 is 0 Å². The Kier molecular flexibility index (Phi) is 31.3. The Hall–Kier alpha value is -1.92. The summed E-state index contributed by atoms with van der Waals surface area (Å²) in [6, 6.07) is 0. The van der Waals surface area contributed by atoms with Crippen molar-refractivity contribution in [2.45, 2.75) is 33.3 Å². The summed E-state index contributed by atoms with van der Waals surface area (Å²) in [5.41, 5.74) is -0.147. The molecule has 47 heavy (non-hydrogen) atoms. The highest BCUT2D eigenvalue weighted by Gasteiger charge is 2.19. The molecule has 0 saturated heterocycles. The van der Waals surface area contributed by atoms with Crippen molar-refractivity contribution >= 4 is 12.1 Å². The van der Waals surface area contributed by atoms with E-state index in [2.05, 4.69) is 6.58 Å². The van der Waals surface area contributed by atoms with Crippen LogP contribution in [0.15, 0.2) is 12.2 Å². The normalized spacial score (nSPS) is 11.5. The second kappa shape index (κ2) is 32.6. The second-order valence-electron chi connectivity index (χ2n) is 10.9. The second-order valence-corrected chi connectivity index (χ2v) is 10.9. The van der Waals surface area contributed by atoms with Gasteiger partial charge in [0.15, 0.2) is 0 Å². The van der Waals surface area contributed by atoms with Crippen LogP contribution in [0, 0.1) is 0 Å². The monoisotopic (exact) mass is 683 g/mol. The molecule has 0 saturated carbocycles. The number of ether oxygens (including phenoxy) is 12. The van der Waals surface area contributed by atoms with Gasteiger partial charge in [0, 0.05) is 19.2 Å². The molecular formula is C32H61NO14. The average Bonchev–Trinajstić information content (AvgIpc) is 3.02. The molecule has 1 amide bonds. The van der Waals surface area contributed by atoms with Crippen LogP contribution in [0.4, 0.5) is 4.79 Å². The van der Waals surface area contributed by atoms with Crippen molar-refractivity contribution in [2.75, 3.05) is 152 Å². The van der Waals surface area contributed by atoms with Gasteiger partial charge in [-0.1, -0.05) is 6.58 Å². The number of amides is 1. The van der Waals surface area contributed by atoms with Crippen LogP contribution in [0.1, 0.15) is 27.7 Å². The van der Waals surface area contributed by atoms with Crippen molar-refractivity contribution < 1.29 is 66.4 Å². The van der Waals surface area contributed by atoms with Gasteiger partial charge >= 0.3 is 12.1 Å². The Labute approximate surface area is 281 Å². The molecule has 0 unspecified atom stereocenters. The summed E-state index contributed by atoms with van der Waals surface area (Å²) >= 11 is 0. The van der Waals surface area contributed by atoms with Gasteiger partial charge in [-0.2, -0.15) is 0 Å². The lowest BCUT2D eigenvalue weighted by Crippen LogP contribution is -2.36. The molecule has 0 radical (unpaired) electrons. The molecule has 0 atom stereocenters. The van der Waals surface area contributed by atoms with Gasteiger partial charge in [-0.05, 0) is 27.7 Å². The third-order valence-corrected chi connectivity index (χ3v) is 5.43. The Morgan fingerprint density at radius 3 is 1.00 bits per heavy atom. The Bertz CT molecular complexity index is 750. The lowest BCUT2D eigenvalue weighted by molar-refractivity contribution is -0.140. The fraction of sp³-hybridized carbons (Fsp3) is 0.875. The first-order chi connectivity index (χ1) is 22.6. The molecule has 0 aromatic heterocycles. The molecule has 0 aliphatic rings. The zero-order valence-electron chi connectivity index (χ0n) is 29.4. The molecule has 0 aromatic rings. The summed E-state index contributed by atoms with van der Waals surface area (Å²) in [5, 5.41) is 0. The summed E-state index contributed by atoms with van der Waals surface area (Å²) in [6.07, 6.45) is -0.368. The summed E-state index contributed by atoms with van der Waals surface area (Å²) in [4.78, 5) is 24.5. The summed E-state index contributed by atoms with van der Waals surface area (Å²) in [6.45, 7) is 20.4. The lowest BCUT2D eigenvalue weighted by atomic mass is 10.2. The van der Waals surface area contributed by atoms with Gasteiger partial charge in [0.1, 0.15) is 12.2 Å². The topological polar surface area (TPSA) is 148 Å².